The maximum Gasteiger partial charge on any atom is 0.121 e. The van der Waals surface area contributed by atoms with E-state index in [9.17, 15) is 10.2 Å². The number of unbranched alkanes of at least 4 members (excludes halogenated alkanes) is 1. The van der Waals surface area contributed by atoms with Gasteiger partial charge in [0.2, 0.25) is 0 Å². The Bertz CT molecular complexity index is 299. The van der Waals surface area contributed by atoms with Crippen molar-refractivity contribution < 1.29 is 10.2 Å². The number of hydrogen-bond acceptors (Lipinski definition) is 2. The Morgan fingerprint density at radius 3 is 2.79 bits per heavy atom. The van der Waals surface area contributed by atoms with Crippen LogP contribution in [0.3, 0.4) is 0 Å². The monoisotopic (exact) mass is 258 g/mol. The molecule has 0 radical (unpaired) electrons. The van der Waals surface area contributed by atoms with Gasteiger partial charge in [-0.2, -0.15) is 0 Å². The van der Waals surface area contributed by atoms with Crippen molar-refractivity contribution in [2.75, 3.05) is 0 Å². The molecular formula is C11H15BrO2. The Labute approximate surface area is 92.7 Å². The first-order valence-electron chi connectivity index (χ1n) is 4.81. The van der Waals surface area contributed by atoms with E-state index >= 15 is 0 Å². The summed E-state index contributed by atoms with van der Waals surface area (Å²) in [6.45, 7) is 2.08. The average Bonchev–Trinajstić information content (AvgIpc) is 2.18. The molecule has 1 aromatic rings. The second kappa shape index (κ2) is 5.37. The highest BCUT2D eigenvalue weighted by molar-refractivity contribution is 9.10. The van der Waals surface area contributed by atoms with Crippen molar-refractivity contribution in [3.8, 4) is 5.75 Å². The normalized spacial score (nSPS) is 12.8. The third-order valence-corrected chi connectivity index (χ3v) is 2.67. The molecule has 0 heterocycles. The predicted molar refractivity (Wildman–Crippen MR) is 60.3 cm³/mol. The van der Waals surface area contributed by atoms with Crippen LogP contribution < -0.4 is 0 Å². The van der Waals surface area contributed by atoms with Crippen LogP contribution >= 0.6 is 15.9 Å². The van der Waals surface area contributed by atoms with E-state index in [-0.39, 0.29) is 5.75 Å². The van der Waals surface area contributed by atoms with Gasteiger partial charge in [-0.05, 0) is 24.6 Å². The molecule has 0 bridgehead atoms. The minimum atomic E-state index is -0.563. The van der Waals surface area contributed by atoms with Gasteiger partial charge in [-0.25, -0.2) is 0 Å². The maximum absolute atomic E-state index is 9.78. The zero-order valence-electron chi connectivity index (χ0n) is 8.20. The zero-order valence-corrected chi connectivity index (χ0v) is 9.79. The summed E-state index contributed by atoms with van der Waals surface area (Å²) in [5, 5.41) is 19.3. The lowest BCUT2D eigenvalue weighted by atomic mass is 10.0. The van der Waals surface area contributed by atoms with Crippen molar-refractivity contribution in [2.45, 2.75) is 32.3 Å². The average molecular weight is 259 g/mol. The van der Waals surface area contributed by atoms with Gasteiger partial charge in [-0.3, -0.25) is 0 Å². The fourth-order valence-corrected chi connectivity index (χ4v) is 1.72. The summed E-state index contributed by atoms with van der Waals surface area (Å²) < 4.78 is 0.876. The number of aliphatic hydroxyl groups is 1. The molecule has 0 aliphatic heterocycles. The van der Waals surface area contributed by atoms with Crippen molar-refractivity contribution in [1.29, 1.82) is 0 Å². The number of halogens is 1. The van der Waals surface area contributed by atoms with E-state index < -0.39 is 6.10 Å². The van der Waals surface area contributed by atoms with Crippen molar-refractivity contribution in [3.05, 3.63) is 28.2 Å². The molecule has 0 fully saturated rings. The van der Waals surface area contributed by atoms with Crippen molar-refractivity contribution in [1.82, 2.24) is 0 Å². The number of aliphatic hydroxyl groups excluding tert-OH is 1. The Hall–Kier alpha value is -0.540. The Kier molecular flexibility index (Phi) is 4.42. The van der Waals surface area contributed by atoms with E-state index in [0.29, 0.717) is 12.0 Å². The van der Waals surface area contributed by atoms with Crippen LogP contribution in [0.4, 0.5) is 0 Å². The Morgan fingerprint density at radius 2 is 2.14 bits per heavy atom. The van der Waals surface area contributed by atoms with Crippen LogP contribution in [0.2, 0.25) is 0 Å². The summed E-state index contributed by atoms with van der Waals surface area (Å²) in [6.07, 6.45) is 2.15. The number of rotatable bonds is 4. The summed E-state index contributed by atoms with van der Waals surface area (Å²) in [5.74, 6) is 0.164. The van der Waals surface area contributed by atoms with E-state index in [0.717, 1.165) is 17.3 Å². The highest BCUT2D eigenvalue weighted by atomic mass is 79.9. The molecule has 0 saturated heterocycles. The molecule has 0 saturated carbocycles. The minimum absolute atomic E-state index is 0.164. The molecule has 78 valence electrons. The Balaban J connectivity index is 2.77. The lowest BCUT2D eigenvalue weighted by Crippen LogP contribution is -1.97. The molecular weight excluding hydrogens is 244 g/mol. The molecule has 0 aromatic heterocycles. The van der Waals surface area contributed by atoms with Crippen LogP contribution in [-0.2, 0) is 0 Å². The van der Waals surface area contributed by atoms with Crippen LogP contribution in [0.1, 0.15) is 37.9 Å². The number of phenols is 1. The van der Waals surface area contributed by atoms with E-state index in [1.807, 2.05) is 0 Å². The van der Waals surface area contributed by atoms with Gasteiger partial charge < -0.3 is 10.2 Å². The highest BCUT2D eigenvalue weighted by Gasteiger charge is 2.11. The van der Waals surface area contributed by atoms with Crippen LogP contribution in [0.15, 0.2) is 22.7 Å². The highest BCUT2D eigenvalue weighted by Crippen LogP contribution is 2.30. The smallest absolute Gasteiger partial charge is 0.121 e. The predicted octanol–water partition coefficient (Wildman–Crippen LogP) is 3.38. The van der Waals surface area contributed by atoms with Crippen molar-refractivity contribution in [2.24, 2.45) is 0 Å². The fraction of sp³-hybridized carbons (Fsp3) is 0.455. The second-order valence-electron chi connectivity index (χ2n) is 3.36. The lowest BCUT2D eigenvalue weighted by molar-refractivity contribution is 0.160. The van der Waals surface area contributed by atoms with Crippen LogP contribution in [0.5, 0.6) is 5.75 Å². The topological polar surface area (TPSA) is 40.5 Å². The van der Waals surface area contributed by atoms with Crippen molar-refractivity contribution in [3.63, 3.8) is 0 Å². The van der Waals surface area contributed by atoms with Gasteiger partial charge in [0, 0.05) is 10.0 Å². The van der Waals surface area contributed by atoms with Gasteiger partial charge in [-0.15, -0.1) is 0 Å². The summed E-state index contributed by atoms with van der Waals surface area (Å²) in [4.78, 5) is 0. The second-order valence-corrected chi connectivity index (χ2v) is 4.28. The summed E-state index contributed by atoms with van der Waals surface area (Å²) in [7, 11) is 0. The third-order valence-electron chi connectivity index (χ3n) is 2.18. The molecule has 0 aliphatic rings. The van der Waals surface area contributed by atoms with Gasteiger partial charge in [0.1, 0.15) is 5.75 Å². The standard InChI is InChI=1S/C11H15BrO2/c1-2-3-4-10(13)9-7-8(12)5-6-11(9)14/h5-7,10,13-14H,2-4H2,1H3. The van der Waals surface area contributed by atoms with Gasteiger partial charge in [0.05, 0.1) is 6.10 Å². The summed E-state index contributed by atoms with van der Waals surface area (Å²) in [6, 6.07) is 5.11. The zero-order chi connectivity index (χ0) is 10.6. The third kappa shape index (κ3) is 3.00. The van der Waals surface area contributed by atoms with Gasteiger partial charge in [-0.1, -0.05) is 35.7 Å². The SMILES string of the molecule is CCCCC(O)c1cc(Br)ccc1O. The van der Waals surface area contributed by atoms with E-state index in [2.05, 4.69) is 22.9 Å². The van der Waals surface area contributed by atoms with E-state index in [4.69, 9.17) is 0 Å². The summed E-state index contributed by atoms with van der Waals surface area (Å²) in [5.41, 5.74) is 0.604. The number of aromatic hydroxyl groups is 1. The van der Waals surface area contributed by atoms with Crippen LogP contribution in [0.25, 0.3) is 0 Å². The number of phenolic OH excluding ortho intramolecular Hbond substituents is 1. The molecule has 1 aromatic carbocycles. The maximum atomic E-state index is 9.78. The van der Waals surface area contributed by atoms with E-state index in [1.54, 1.807) is 18.2 Å². The molecule has 0 aliphatic carbocycles. The molecule has 2 N–H and O–H groups in total. The molecule has 1 unspecified atom stereocenters. The molecule has 3 heteroatoms. The summed E-state index contributed by atoms with van der Waals surface area (Å²) >= 11 is 3.31. The van der Waals surface area contributed by atoms with Crippen molar-refractivity contribution >= 4 is 15.9 Å². The fourth-order valence-electron chi connectivity index (χ4n) is 1.35. The molecule has 0 spiro atoms. The molecule has 2 nitrogen and oxygen atoms in total. The quantitative estimate of drug-likeness (QED) is 0.870. The number of benzene rings is 1. The minimum Gasteiger partial charge on any atom is -0.508 e. The molecule has 14 heavy (non-hydrogen) atoms. The van der Waals surface area contributed by atoms with E-state index in [1.165, 1.54) is 0 Å². The van der Waals surface area contributed by atoms with Gasteiger partial charge in [0.15, 0.2) is 0 Å². The van der Waals surface area contributed by atoms with Gasteiger partial charge >= 0.3 is 0 Å². The molecule has 1 atom stereocenters. The first-order chi connectivity index (χ1) is 6.65. The van der Waals surface area contributed by atoms with Gasteiger partial charge in [0.25, 0.3) is 0 Å². The molecule has 1 rings (SSSR count). The first kappa shape index (κ1) is 11.5. The first-order valence-corrected chi connectivity index (χ1v) is 5.61. The molecule has 0 amide bonds. The van der Waals surface area contributed by atoms with Crippen LogP contribution in [-0.4, -0.2) is 10.2 Å². The number of hydrogen-bond donors (Lipinski definition) is 2. The lowest BCUT2D eigenvalue weighted by Gasteiger charge is -2.12. The Morgan fingerprint density at radius 1 is 1.43 bits per heavy atom. The largest absolute Gasteiger partial charge is 0.508 e. The van der Waals surface area contributed by atoms with Crippen LogP contribution in [0, 0.1) is 0 Å².